The summed E-state index contributed by atoms with van der Waals surface area (Å²) in [6.45, 7) is 15.1. The zero-order valence-corrected chi connectivity index (χ0v) is 35.3. The molecule has 0 saturated carbocycles. The summed E-state index contributed by atoms with van der Waals surface area (Å²) in [5.41, 5.74) is -0.350. The fourth-order valence-electron chi connectivity index (χ4n) is 7.92. The first kappa shape index (κ1) is 44.9. The van der Waals surface area contributed by atoms with Crippen LogP contribution in [0.5, 0.6) is 23.0 Å². The number of phenols is 3. The highest BCUT2D eigenvalue weighted by atomic mass is 16.7. The van der Waals surface area contributed by atoms with Crippen molar-refractivity contribution >= 4 is 40.3 Å². The maximum atomic E-state index is 14.4. The third kappa shape index (κ3) is 8.91. The Morgan fingerprint density at radius 1 is 0.949 bits per heavy atom. The molecule has 5 bridgehead atoms. The van der Waals surface area contributed by atoms with Crippen LogP contribution in [0.1, 0.15) is 70.0 Å². The van der Waals surface area contributed by atoms with E-state index in [1.54, 1.807) is 44.9 Å². The molecular formula is C43H58N4O12. The molecule has 0 aromatic heterocycles. The lowest BCUT2D eigenvalue weighted by Crippen LogP contribution is -2.46. The number of Topliss-reactive ketones (excluding diaryl/α,β-unsaturated/α-hetero) is 1. The number of piperazine rings is 1. The first-order chi connectivity index (χ1) is 27.7. The number of methoxy groups -OCH3 is 1. The van der Waals surface area contributed by atoms with E-state index in [4.69, 9.17) is 18.9 Å². The van der Waals surface area contributed by atoms with Gasteiger partial charge in [-0.15, -0.1) is 0 Å². The van der Waals surface area contributed by atoms with E-state index in [1.807, 2.05) is 7.05 Å². The molecule has 9 atom stereocenters. The lowest BCUT2D eigenvalue weighted by atomic mass is 9.78. The molecule has 0 spiro atoms. The van der Waals surface area contributed by atoms with Crippen LogP contribution in [0, 0.1) is 30.6 Å². The van der Waals surface area contributed by atoms with E-state index >= 15 is 0 Å². The van der Waals surface area contributed by atoms with Gasteiger partial charge in [-0.3, -0.25) is 19.4 Å². The quantitative estimate of drug-likeness (QED) is 0.109. The molecule has 0 aliphatic carbocycles. The van der Waals surface area contributed by atoms with Crippen molar-refractivity contribution < 1.29 is 58.9 Å². The van der Waals surface area contributed by atoms with Gasteiger partial charge in [0.2, 0.25) is 0 Å². The van der Waals surface area contributed by atoms with Crippen molar-refractivity contribution in [1.82, 2.24) is 9.91 Å². The highest BCUT2D eigenvalue weighted by Crippen LogP contribution is 2.55. The number of benzene rings is 2. The van der Waals surface area contributed by atoms with E-state index in [0.717, 1.165) is 13.1 Å². The molecule has 16 nitrogen and oxygen atoms in total. The molecule has 4 heterocycles. The van der Waals surface area contributed by atoms with Crippen molar-refractivity contribution in [2.24, 2.45) is 28.8 Å². The predicted molar refractivity (Wildman–Crippen MR) is 220 cm³/mol. The number of nitrogens with one attached hydrogen (secondary N) is 1. The summed E-state index contributed by atoms with van der Waals surface area (Å²) in [4.78, 5) is 42.6. The van der Waals surface area contributed by atoms with Gasteiger partial charge >= 0.3 is 11.8 Å². The number of rotatable bonds is 4. The number of esters is 1. The number of nitrogens with zero attached hydrogens (tertiary/aromatic N) is 3. The first-order valence-electron chi connectivity index (χ1n) is 19.8. The molecule has 0 radical (unpaired) electrons. The summed E-state index contributed by atoms with van der Waals surface area (Å²) >= 11 is 0. The standard InChI is InChI=1S/C43H58N4O12/c1-21-12-11-13-22(2)42(55)45-33-28(20-44-47-17-15-46(9)16-18-47)37(52)30-31(38(33)53)36(51)26(6)40-32(30)41(54)43(8,59-40)57-19-14-29(56-10)23(3)39(58-27(7)48)25(5)35(50)24(4)34(21)49/h11-14,19-21,23-25,29,34-35,39,49-53H,15-18H2,1-10H3,(H,45,55)/t21-,23-,24+,25+,29-,34-,35+,39+,43-/m0/s1. The van der Waals surface area contributed by atoms with Crippen LogP contribution in [0.15, 0.2) is 41.2 Å². The highest BCUT2D eigenvalue weighted by molar-refractivity contribution is 6.23. The first-order valence-corrected chi connectivity index (χ1v) is 19.8. The van der Waals surface area contributed by atoms with E-state index in [-0.39, 0.29) is 44.5 Å². The molecule has 6 rings (SSSR count). The largest absolute Gasteiger partial charge is 0.507 e. The Balaban J connectivity index is 1.70. The third-order valence-corrected chi connectivity index (χ3v) is 11.9. The number of aromatic hydroxyl groups is 3. The maximum Gasteiger partial charge on any atom is 0.312 e. The Kier molecular flexibility index (Phi) is 13.7. The van der Waals surface area contributed by atoms with Crippen LogP contribution in [0.2, 0.25) is 0 Å². The third-order valence-electron chi connectivity index (χ3n) is 11.9. The fourth-order valence-corrected chi connectivity index (χ4v) is 7.92. The molecule has 6 N–H and O–H groups in total. The minimum absolute atomic E-state index is 0.0559. The Morgan fingerprint density at radius 3 is 2.24 bits per heavy atom. The van der Waals surface area contributed by atoms with Gasteiger partial charge in [-0.05, 0) is 27.0 Å². The van der Waals surface area contributed by atoms with Crippen LogP contribution in [0.3, 0.4) is 0 Å². The van der Waals surface area contributed by atoms with Gasteiger partial charge in [0, 0.05) is 87.3 Å². The van der Waals surface area contributed by atoms with Crippen LogP contribution in [0.4, 0.5) is 5.69 Å². The zero-order valence-electron chi connectivity index (χ0n) is 35.3. The van der Waals surface area contributed by atoms with Crippen molar-refractivity contribution in [2.45, 2.75) is 85.6 Å². The van der Waals surface area contributed by atoms with Crippen molar-refractivity contribution in [3.63, 3.8) is 0 Å². The van der Waals surface area contributed by atoms with Crippen LogP contribution in [-0.2, 0) is 23.8 Å². The maximum absolute atomic E-state index is 14.4. The van der Waals surface area contributed by atoms with Crippen LogP contribution in [-0.4, -0.2) is 130 Å². The predicted octanol–water partition coefficient (Wildman–Crippen LogP) is 4.34. The van der Waals surface area contributed by atoms with Crippen molar-refractivity contribution in [1.29, 1.82) is 0 Å². The van der Waals surface area contributed by atoms with Crippen LogP contribution >= 0.6 is 0 Å². The molecule has 59 heavy (non-hydrogen) atoms. The van der Waals surface area contributed by atoms with Gasteiger partial charge in [-0.25, -0.2) is 0 Å². The number of aliphatic hydroxyl groups is 2. The molecule has 0 unspecified atom stereocenters. The average molecular weight is 823 g/mol. The number of phenolic OH excluding ortho intramolecular Hbond substituents is 3. The van der Waals surface area contributed by atoms with Gasteiger partial charge < -0.3 is 54.7 Å². The summed E-state index contributed by atoms with van der Waals surface area (Å²) < 4.78 is 23.6. The molecule has 1 fully saturated rings. The Morgan fingerprint density at radius 2 is 1.61 bits per heavy atom. The summed E-state index contributed by atoms with van der Waals surface area (Å²) in [6, 6.07) is 0. The number of hydrogen-bond donors (Lipinski definition) is 6. The second kappa shape index (κ2) is 18.0. The molecule has 4 aliphatic heterocycles. The smallest absolute Gasteiger partial charge is 0.312 e. The number of hydrogen-bond acceptors (Lipinski definition) is 15. The second-order valence-electron chi connectivity index (χ2n) is 16.1. The number of amides is 1. The van der Waals surface area contributed by atoms with Crippen molar-refractivity contribution in [3.05, 3.63) is 52.8 Å². The number of aliphatic hydroxyl groups excluding tert-OH is 2. The Hall–Kier alpha value is -5.16. The van der Waals surface area contributed by atoms with Gasteiger partial charge in [-0.1, -0.05) is 45.9 Å². The van der Waals surface area contributed by atoms with E-state index in [9.17, 15) is 39.9 Å². The molecule has 16 heteroatoms. The molecule has 4 aliphatic rings. The van der Waals surface area contributed by atoms with Gasteiger partial charge in [0.05, 0.1) is 53.0 Å². The minimum atomic E-state index is -2.04. The number of ketones is 1. The monoisotopic (exact) mass is 822 g/mol. The number of anilines is 1. The fraction of sp³-hybridized carbons (Fsp3) is 0.535. The van der Waals surface area contributed by atoms with Gasteiger partial charge in [0.15, 0.2) is 5.75 Å². The molecular weight excluding hydrogens is 764 g/mol. The number of allylic oxidation sites excluding steroid dienone is 2. The van der Waals surface area contributed by atoms with Gasteiger partial charge in [-0.2, -0.15) is 5.10 Å². The normalized spacial score (nSPS) is 30.1. The summed E-state index contributed by atoms with van der Waals surface area (Å²) in [7, 11) is 3.42. The summed E-state index contributed by atoms with van der Waals surface area (Å²) in [5.74, 6) is -8.34. The molecule has 322 valence electrons. The van der Waals surface area contributed by atoms with Crippen LogP contribution < -0.4 is 10.1 Å². The number of hydrazone groups is 1. The van der Waals surface area contributed by atoms with Crippen molar-refractivity contribution in [2.75, 3.05) is 45.7 Å². The number of carbonyl (C=O) groups is 3. The molecule has 2 aromatic rings. The average Bonchev–Trinajstić information content (AvgIpc) is 3.46. The summed E-state index contributed by atoms with van der Waals surface area (Å²) in [5, 5.41) is 66.8. The molecule has 2 aromatic carbocycles. The number of ether oxygens (including phenoxy) is 4. The minimum Gasteiger partial charge on any atom is -0.507 e. The van der Waals surface area contributed by atoms with E-state index < -0.39 is 88.8 Å². The van der Waals surface area contributed by atoms with E-state index in [0.29, 0.717) is 13.1 Å². The summed E-state index contributed by atoms with van der Waals surface area (Å²) in [6.07, 6.45) is 4.86. The molecule has 1 amide bonds. The van der Waals surface area contributed by atoms with Crippen LogP contribution in [0.25, 0.3) is 10.8 Å². The van der Waals surface area contributed by atoms with E-state index in [2.05, 4.69) is 15.3 Å². The number of fused-ring (bicyclic) bond motifs is 14. The Labute approximate surface area is 344 Å². The number of carbonyl (C=O) groups excluding carboxylic acids is 3. The van der Waals surface area contributed by atoms with Gasteiger partial charge in [0.25, 0.3) is 11.7 Å². The Bertz CT molecular complexity index is 2070. The van der Waals surface area contributed by atoms with Crippen molar-refractivity contribution in [3.8, 4) is 23.0 Å². The second-order valence-corrected chi connectivity index (χ2v) is 16.1. The molecule has 1 saturated heterocycles. The number of likely N-dealkylation sites (N-methyl/N-ethyl adjacent to an activating group) is 1. The lowest BCUT2D eigenvalue weighted by molar-refractivity contribution is -0.160. The van der Waals surface area contributed by atoms with Gasteiger partial charge in [0.1, 0.15) is 23.4 Å². The van der Waals surface area contributed by atoms with E-state index in [1.165, 1.54) is 59.4 Å². The SMILES string of the molecule is CO[C@H]1C=CO[C@@]2(C)Oc3c(C)c(O)c4c(O)c(c(C=NN5CCN(C)CC5)c(O)c4c3C2=O)NC(=O)C(C)=CC=C[C@H](C)[C@H](O)[C@@H](C)[C@@H](O)[C@@H](C)[C@H](OC(C)=O)[C@H]1C. The highest BCUT2D eigenvalue weighted by Gasteiger charge is 2.50. The topological polar surface area (TPSA) is 220 Å². The lowest BCUT2D eigenvalue weighted by Gasteiger charge is -2.38. The zero-order chi connectivity index (χ0) is 43.7.